The van der Waals surface area contributed by atoms with Gasteiger partial charge in [0.15, 0.2) is 11.4 Å². The predicted octanol–water partition coefficient (Wildman–Crippen LogP) is 5.99. The Bertz CT molecular complexity index is 1640. The van der Waals surface area contributed by atoms with Gasteiger partial charge in [-0.25, -0.2) is 19.3 Å². The van der Waals surface area contributed by atoms with Gasteiger partial charge in [0.05, 0.1) is 25.4 Å². The van der Waals surface area contributed by atoms with E-state index in [1.54, 1.807) is 4.52 Å². The highest BCUT2D eigenvalue weighted by molar-refractivity contribution is 6.76. The van der Waals surface area contributed by atoms with E-state index in [0.717, 1.165) is 35.2 Å². The molecule has 2 aliphatic heterocycles. The fourth-order valence-corrected chi connectivity index (χ4v) is 6.68. The number of carbonyl (C=O) groups is 1. The van der Waals surface area contributed by atoms with Gasteiger partial charge in [0.1, 0.15) is 24.5 Å². The molecule has 0 saturated carbocycles. The summed E-state index contributed by atoms with van der Waals surface area (Å²) in [4.78, 5) is 27.1. The minimum Gasteiger partial charge on any atom is -0.361 e. The van der Waals surface area contributed by atoms with E-state index in [2.05, 4.69) is 67.8 Å². The smallest absolute Gasteiger partial charge is 0.326 e. The normalized spacial score (nSPS) is 20.3. The number of rotatable bonds is 11. The van der Waals surface area contributed by atoms with Crippen LogP contribution in [0.25, 0.3) is 28.2 Å². The number of carbonyl (C=O) groups excluding carboxylic acids is 1. The average Bonchev–Trinajstić information content (AvgIpc) is 3.76. The van der Waals surface area contributed by atoms with Crippen LogP contribution in [-0.2, 0) is 20.9 Å². The van der Waals surface area contributed by atoms with Gasteiger partial charge in [-0.05, 0) is 37.4 Å². The van der Waals surface area contributed by atoms with Gasteiger partial charge in [-0.15, -0.1) is 0 Å². The van der Waals surface area contributed by atoms with Crippen LogP contribution in [0.5, 0.6) is 0 Å². The Kier molecular flexibility index (Phi) is 8.59. The predicted molar refractivity (Wildman–Crippen MR) is 177 cm³/mol. The molecule has 6 rings (SSSR count). The molecule has 12 heteroatoms. The molecule has 2 fully saturated rings. The van der Waals surface area contributed by atoms with Crippen molar-refractivity contribution in [3.8, 4) is 22.5 Å². The van der Waals surface area contributed by atoms with Crippen LogP contribution < -0.4 is 4.90 Å². The van der Waals surface area contributed by atoms with Crippen LogP contribution in [0.2, 0.25) is 25.7 Å². The molecule has 240 valence electrons. The summed E-state index contributed by atoms with van der Waals surface area (Å²) in [5.41, 5.74) is 3.58. The number of urea groups is 1. The molecule has 0 spiro atoms. The zero-order valence-electron chi connectivity index (χ0n) is 27.4. The summed E-state index contributed by atoms with van der Waals surface area (Å²) < 4.78 is 21.5. The number of hydrogen-bond donors (Lipinski definition) is 0. The Labute approximate surface area is 266 Å². The highest BCUT2D eigenvalue weighted by Crippen LogP contribution is 2.32. The van der Waals surface area contributed by atoms with Crippen molar-refractivity contribution in [3.63, 3.8) is 0 Å². The summed E-state index contributed by atoms with van der Waals surface area (Å²) in [6.45, 7) is 17.9. The molecule has 0 N–H and O–H groups in total. The van der Waals surface area contributed by atoms with Crippen molar-refractivity contribution >= 4 is 25.6 Å². The van der Waals surface area contributed by atoms with Gasteiger partial charge in [0.25, 0.3) is 0 Å². The number of fused-ring (bicyclic) bond motifs is 1. The molecule has 5 heterocycles. The second kappa shape index (κ2) is 12.3. The Morgan fingerprint density at radius 3 is 2.53 bits per heavy atom. The number of nitrogens with zero attached hydrogens (tertiary/aromatic N) is 7. The average molecular weight is 632 g/mol. The van der Waals surface area contributed by atoms with Crippen LogP contribution >= 0.6 is 0 Å². The molecular formula is C33H45N7O4Si. The van der Waals surface area contributed by atoms with Gasteiger partial charge in [-0.3, -0.25) is 4.90 Å². The summed E-state index contributed by atoms with van der Waals surface area (Å²) in [6, 6.07) is 11.2. The minimum atomic E-state index is -1.14. The zero-order chi connectivity index (χ0) is 31.9. The summed E-state index contributed by atoms with van der Waals surface area (Å²) in [7, 11) is -1.14. The lowest BCUT2D eigenvalue weighted by molar-refractivity contribution is -0.139. The first-order valence-corrected chi connectivity index (χ1v) is 19.5. The topological polar surface area (TPSA) is 99.2 Å². The molecule has 3 aromatic heterocycles. The number of anilines is 1. The maximum Gasteiger partial charge on any atom is 0.326 e. The van der Waals surface area contributed by atoms with Crippen molar-refractivity contribution in [2.24, 2.45) is 5.92 Å². The SMILES string of the molecule is CC(C)C1CN(CC2COC(C)(C)O2)C(=O)N1c1ccn2ncc(-c3ccc(-c4nccn4COCC[Si](C)(C)C)cc3)c2n1. The molecule has 2 amide bonds. The van der Waals surface area contributed by atoms with E-state index >= 15 is 0 Å². The maximum atomic E-state index is 13.8. The first-order valence-electron chi connectivity index (χ1n) is 15.8. The molecule has 0 bridgehead atoms. The summed E-state index contributed by atoms with van der Waals surface area (Å²) in [6.07, 6.45) is 7.30. The summed E-state index contributed by atoms with van der Waals surface area (Å²) in [5.74, 6) is 1.09. The van der Waals surface area contributed by atoms with Gasteiger partial charge < -0.3 is 23.7 Å². The molecule has 2 saturated heterocycles. The van der Waals surface area contributed by atoms with E-state index in [0.29, 0.717) is 37.9 Å². The van der Waals surface area contributed by atoms with E-state index in [9.17, 15) is 4.79 Å². The van der Waals surface area contributed by atoms with Crippen molar-refractivity contribution in [2.75, 3.05) is 31.2 Å². The molecule has 2 unspecified atom stereocenters. The van der Waals surface area contributed by atoms with Crippen molar-refractivity contribution in [1.29, 1.82) is 0 Å². The van der Waals surface area contributed by atoms with Gasteiger partial charge in [-0.1, -0.05) is 57.8 Å². The second-order valence-corrected chi connectivity index (χ2v) is 19.7. The van der Waals surface area contributed by atoms with Gasteiger partial charge in [-0.2, -0.15) is 5.10 Å². The van der Waals surface area contributed by atoms with Crippen LogP contribution in [0.15, 0.2) is 55.1 Å². The van der Waals surface area contributed by atoms with Crippen molar-refractivity contribution in [2.45, 2.75) is 78.0 Å². The third-order valence-corrected chi connectivity index (χ3v) is 10.2. The zero-order valence-corrected chi connectivity index (χ0v) is 28.4. The first kappa shape index (κ1) is 31.4. The Hall–Kier alpha value is -3.58. The number of ether oxygens (including phenoxy) is 3. The fourth-order valence-electron chi connectivity index (χ4n) is 5.92. The molecule has 4 aromatic rings. The van der Waals surface area contributed by atoms with Crippen LogP contribution in [0.3, 0.4) is 0 Å². The van der Waals surface area contributed by atoms with Crippen LogP contribution in [-0.4, -0.2) is 87.4 Å². The quantitative estimate of drug-likeness (QED) is 0.148. The summed E-state index contributed by atoms with van der Waals surface area (Å²) >= 11 is 0. The Balaban J connectivity index is 1.21. The molecule has 1 aromatic carbocycles. The lowest BCUT2D eigenvalue weighted by Crippen LogP contribution is -2.40. The molecule has 2 atom stereocenters. The van der Waals surface area contributed by atoms with E-state index in [1.165, 1.54) is 0 Å². The van der Waals surface area contributed by atoms with Gasteiger partial charge >= 0.3 is 6.03 Å². The number of aromatic nitrogens is 5. The van der Waals surface area contributed by atoms with Gasteiger partial charge in [0.2, 0.25) is 0 Å². The third kappa shape index (κ3) is 6.84. The minimum absolute atomic E-state index is 0.0169. The Morgan fingerprint density at radius 1 is 1.09 bits per heavy atom. The van der Waals surface area contributed by atoms with Crippen molar-refractivity contribution in [3.05, 3.63) is 55.1 Å². The number of imidazole rings is 1. The lowest BCUT2D eigenvalue weighted by atomic mass is 10.0. The first-order chi connectivity index (χ1) is 21.4. The molecular weight excluding hydrogens is 586 g/mol. The second-order valence-electron chi connectivity index (χ2n) is 14.1. The molecule has 11 nitrogen and oxygen atoms in total. The lowest BCUT2D eigenvalue weighted by Gasteiger charge is -2.25. The van der Waals surface area contributed by atoms with Crippen molar-refractivity contribution in [1.82, 2.24) is 29.0 Å². The van der Waals surface area contributed by atoms with Crippen LogP contribution in [0.4, 0.5) is 10.6 Å². The largest absolute Gasteiger partial charge is 0.361 e. The summed E-state index contributed by atoms with van der Waals surface area (Å²) in [5, 5.41) is 4.56. The number of hydrogen-bond acceptors (Lipinski definition) is 7. The molecule has 45 heavy (non-hydrogen) atoms. The number of benzene rings is 1. The Morgan fingerprint density at radius 2 is 1.84 bits per heavy atom. The number of amides is 2. The molecule has 2 aliphatic rings. The fraction of sp³-hybridized carbons (Fsp3) is 0.515. The highest BCUT2D eigenvalue weighted by Gasteiger charge is 2.43. The maximum absolute atomic E-state index is 13.8. The van der Waals surface area contributed by atoms with Crippen LogP contribution in [0, 0.1) is 5.92 Å². The standard InChI is InChI=1S/C33H45N7O4Si/c1-23(2)28-20-38(19-26-21-43-33(3,4)44-26)32(41)40(28)29-12-14-39-31(36-29)27(18-35-39)24-8-10-25(11-9-24)30-34-13-15-37(30)22-42-16-17-45(5,6)7/h8-15,18,23,26,28H,16-17,19-22H2,1-7H3. The monoisotopic (exact) mass is 631 g/mol. The van der Waals surface area contributed by atoms with E-state index in [-0.39, 0.29) is 24.1 Å². The van der Waals surface area contributed by atoms with E-state index in [4.69, 9.17) is 19.2 Å². The van der Waals surface area contributed by atoms with E-state index < -0.39 is 13.9 Å². The highest BCUT2D eigenvalue weighted by atomic mass is 28.3. The van der Waals surface area contributed by atoms with Gasteiger partial charge in [0, 0.05) is 50.9 Å². The molecule has 0 aliphatic carbocycles. The third-order valence-electron chi connectivity index (χ3n) is 8.47. The van der Waals surface area contributed by atoms with Crippen LogP contribution in [0.1, 0.15) is 27.7 Å². The van der Waals surface area contributed by atoms with Crippen molar-refractivity contribution < 1.29 is 19.0 Å². The molecule has 0 radical (unpaired) electrons. The van der Waals surface area contributed by atoms with E-state index in [1.807, 2.05) is 59.1 Å².